The Morgan fingerprint density at radius 1 is 1.50 bits per heavy atom. The van der Waals surface area contributed by atoms with E-state index in [4.69, 9.17) is 11.6 Å². The summed E-state index contributed by atoms with van der Waals surface area (Å²) in [5.41, 5.74) is 1.02. The second-order valence-electron chi connectivity index (χ2n) is 5.56. The number of amides is 2. The molecule has 6 heteroatoms. The van der Waals surface area contributed by atoms with Gasteiger partial charge < -0.3 is 19.7 Å². The average molecular weight is 299 g/mol. The summed E-state index contributed by atoms with van der Waals surface area (Å²) in [6, 6.07) is 2.56. The molecule has 2 rings (SSSR count). The molecule has 112 valence electrons. The van der Waals surface area contributed by atoms with Crippen molar-refractivity contribution in [2.24, 2.45) is 7.05 Å². The quantitative estimate of drug-likeness (QED) is 0.871. The number of carbonyl (C=O) groups excluding carboxylic acids is 1. The van der Waals surface area contributed by atoms with Crippen molar-refractivity contribution < 1.29 is 4.79 Å². The molecule has 0 spiro atoms. The van der Waals surface area contributed by atoms with E-state index in [1.165, 1.54) is 12.8 Å². The van der Waals surface area contributed by atoms with Crippen LogP contribution in [0.3, 0.4) is 0 Å². The van der Waals surface area contributed by atoms with Crippen molar-refractivity contribution >= 4 is 17.6 Å². The summed E-state index contributed by atoms with van der Waals surface area (Å²) < 4.78 is 1.94. The molecule has 0 aromatic carbocycles. The van der Waals surface area contributed by atoms with Gasteiger partial charge >= 0.3 is 6.03 Å². The van der Waals surface area contributed by atoms with Gasteiger partial charge in [0.05, 0.1) is 11.6 Å². The first-order valence-electron chi connectivity index (χ1n) is 6.97. The molecule has 2 amide bonds. The monoisotopic (exact) mass is 298 g/mol. The number of carbonyl (C=O) groups is 1. The van der Waals surface area contributed by atoms with E-state index in [0.29, 0.717) is 18.1 Å². The normalized spacial score (nSPS) is 14.7. The summed E-state index contributed by atoms with van der Waals surface area (Å²) in [6.07, 6.45) is 4.42. The van der Waals surface area contributed by atoms with Gasteiger partial charge in [0, 0.05) is 45.1 Å². The van der Waals surface area contributed by atoms with Crippen molar-refractivity contribution in [2.45, 2.75) is 25.4 Å². The molecule has 1 saturated carbocycles. The highest BCUT2D eigenvalue weighted by Gasteiger charge is 2.25. The third kappa shape index (κ3) is 4.15. The summed E-state index contributed by atoms with van der Waals surface area (Å²) in [4.78, 5) is 16.0. The van der Waals surface area contributed by atoms with E-state index in [9.17, 15) is 4.79 Å². The minimum absolute atomic E-state index is 0.0495. The van der Waals surface area contributed by atoms with E-state index in [0.717, 1.165) is 18.3 Å². The lowest BCUT2D eigenvalue weighted by Crippen LogP contribution is -2.40. The summed E-state index contributed by atoms with van der Waals surface area (Å²) in [5.74, 6) is 0. The molecule has 0 atom stereocenters. The smallest absolute Gasteiger partial charge is 0.317 e. The number of hydrogen-bond donors (Lipinski definition) is 1. The van der Waals surface area contributed by atoms with E-state index in [1.807, 2.05) is 23.9 Å². The van der Waals surface area contributed by atoms with Gasteiger partial charge in [0.1, 0.15) is 0 Å². The maximum atomic E-state index is 12.0. The second-order valence-corrected chi connectivity index (χ2v) is 6.00. The molecule has 0 unspecified atom stereocenters. The predicted molar refractivity (Wildman–Crippen MR) is 80.9 cm³/mol. The molecule has 1 aliphatic rings. The fourth-order valence-electron chi connectivity index (χ4n) is 2.21. The maximum absolute atomic E-state index is 12.0. The summed E-state index contributed by atoms with van der Waals surface area (Å²) in [5, 5.41) is 3.64. The summed E-state index contributed by atoms with van der Waals surface area (Å²) >= 11 is 5.94. The number of aromatic nitrogens is 1. The topological polar surface area (TPSA) is 40.5 Å². The molecular formula is C14H23ClN4O. The van der Waals surface area contributed by atoms with Gasteiger partial charge in [-0.2, -0.15) is 0 Å². The van der Waals surface area contributed by atoms with Crippen LogP contribution in [0.4, 0.5) is 4.79 Å². The largest absolute Gasteiger partial charge is 0.351 e. The van der Waals surface area contributed by atoms with Crippen LogP contribution in [0, 0.1) is 0 Å². The molecule has 0 bridgehead atoms. The number of likely N-dealkylation sites (N-methyl/N-ethyl adjacent to an activating group) is 1. The van der Waals surface area contributed by atoms with Crippen molar-refractivity contribution in [3.05, 3.63) is 23.0 Å². The molecule has 1 aromatic rings. The molecule has 0 radical (unpaired) electrons. The predicted octanol–water partition coefficient (Wildman–Crippen LogP) is 1.91. The molecule has 1 N–H and O–H groups in total. The summed E-state index contributed by atoms with van der Waals surface area (Å²) in [7, 11) is 5.83. The SMILES string of the molecule is CN(Cc1cc(Cl)cn1C)C(=O)NCCN(C)C1CC1. The van der Waals surface area contributed by atoms with Gasteiger partial charge in [-0.15, -0.1) is 0 Å². The van der Waals surface area contributed by atoms with E-state index in [-0.39, 0.29) is 6.03 Å². The van der Waals surface area contributed by atoms with Gasteiger partial charge in [0.25, 0.3) is 0 Å². The van der Waals surface area contributed by atoms with E-state index < -0.39 is 0 Å². The molecule has 5 nitrogen and oxygen atoms in total. The fourth-order valence-corrected chi connectivity index (χ4v) is 2.48. The van der Waals surface area contributed by atoms with Crippen LogP contribution >= 0.6 is 11.6 Å². The molecule has 0 saturated heterocycles. The standard InChI is InChI=1S/C14H23ClN4O/c1-17(12-4-5-12)7-6-16-14(20)19(3)10-13-8-11(15)9-18(13)2/h8-9,12H,4-7,10H2,1-3H3,(H,16,20). The Morgan fingerprint density at radius 3 is 2.75 bits per heavy atom. The highest BCUT2D eigenvalue weighted by Crippen LogP contribution is 2.24. The van der Waals surface area contributed by atoms with Crippen LogP contribution in [0.2, 0.25) is 5.02 Å². The van der Waals surface area contributed by atoms with Crippen LogP contribution < -0.4 is 5.32 Å². The number of rotatable bonds is 6. The van der Waals surface area contributed by atoms with Crippen molar-refractivity contribution in [1.82, 2.24) is 19.7 Å². The first kappa shape index (κ1) is 15.2. The zero-order chi connectivity index (χ0) is 14.7. The van der Waals surface area contributed by atoms with E-state index >= 15 is 0 Å². The van der Waals surface area contributed by atoms with Crippen LogP contribution in [0.15, 0.2) is 12.3 Å². The van der Waals surface area contributed by atoms with Crippen molar-refractivity contribution in [1.29, 1.82) is 0 Å². The Kier molecular flexibility index (Phi) is 4.94. The van der Waals surface area contributed by atoms with Gasteiger partial charge in [-0.25, -0.2) is 4.79 Å². The van der Waals surface area contributed by atoms with Crippen LogP contribution in [-0.4, -0.2) is 53.6 Å². The van der Waals surface area contributed by atoms with Crippen LogP contribution in [0.25, 0.3) is 0 Å². The molecule has 1 aromatic heterocycles. The van der Waals surface area contributed by atoms with Crippen LogP contribution in [-0.2, 0) is 13.6 Å². The van der Waals surface area contributed by atoms with Gasteiger partial charge in [0.15, 0.2) is 0 Å². The molecule has 1 heterocycles. The maximum Gasteiger partial charge on any atom is 0.317 e. The lowest BCUT2D eigenvalue weighted by molar-refractivity contribution is 0.203. The molecule has 20 heavy (non-hydrogen) atoms. The molecule has 1 aliphatic carbocycles. The lowest BCUT2D eigenvalue weighted by Gasteiger charge is -2.20. The highest BCUT2D eigenvalue weighted by atomic mass is 35.5. The number of aryl methyl sites for hydroxylation is 1. The number of nitrogens with one attached hydrogen (secondary N) is 1. The van der Waals surface area contributed by atoms with Gasteiger partial charge in [-0.3, -0.25) is 0 Å². The minimum atomic E-state index is -0.0495. The summed E-state index contributed by atoms with van der Waals surface area (Å²) in [6.45, 7) is 2.14. The van der Waals surface area contributed by atoms with E-state index in [2.05, 4.69) is 17.3 Å². The average Bonchev–Trinajstić information content (AvgIpc) is 3.17. The first-order chi connectivity index (χ1) is 9.47. The molecule has 0 aliphatic heterocycles. The van der Waals surface area contributed by atoms with Crippen molar-refractivity contribution in [2.75, 3.05) is 27.2 Å². The van der Waals surface area contributed by atoms with Crippen molar-refractivity contribution in [3.8, 4) is 0 Å². The third-order valence-corrected chi connectivity index (χ3v) is 3.94. The van der Waals surface area contributed by atoms with Gasteiger partial charge in [0.2, 0.25) is 0 Å². The third-order valence-electron chi connectivity index (χ3n) is 3.73. The Bertz CT molecular complexity index is 470. The van der Waals surface area contributed by atoms with Gasteiger partial charge in [-0.05, 0) is 26.0 Å². The zero-order valence-corrected chi connectivity index (χ0v) is 13.2. The number of halogens is 1. The van der Waals surface area contributed by atoms with Gasteiger partial charge in [-0.1, -0.05) is 11.6 Å². The fraction of sp³-hybridized carbons (Fsp3) is 0.643. The Labute approximate surface area is 125 Å². The highest BCUT2D eigenvalue weighted by molar-refractivity contribution is 6.30. The lowest BCUT2D eigenvalue weighted by atomic mass is 10.4. The Hall–Kier alpha value is -1.20. The molecular weight excluding hydrogens is 276 g/mol. The first-order valence-corrected chi connectivity index (χ1v) is 7.35. The van der Waals surface area contributed by atoms with Crippen LogP contribution in [0.1, 0.15) is 18.5 Å². The molecule has 1 fully saturated rings. The van der Waals surface area contributed by atoms with Crippen molar-refractivity contribution in [3.63, 3.8) is 0 Å². The zero-order valence-electron chi connectivity index (χ0n) is 12.4. The number of urea groups is 1. The Balaban J connectivity index is 1.72. The minimum Gasteiger partial charge on any atom is -0.351 e. The second kappa shape index (κ2) is 6.50. The van der Waals surface area contributed by atoms with Crippen LogP contribution in [0.5, 0.6) is 0 Å². The Morgan fingerprint density at radius 2 is 2.20 bits per heavy atom. The number of hydrogen-bond acceptors (Lipinski definition) is 2. The van der Waals surface area contributed by atoms with E-state index in [1.54, 1.807) is 11.9 Å². The number of nitrogens with zero attached hydrogens (tertiary/aromatic N) is 3.